The Balaban J connectivity index is 2.68. The predicted octanol–water partition coefficient (Wildman–Crippen LogP) is 2.78. The minimum atomic E-state index is -1.18. The van der Waals surface area contributed by atoms with Crippen LogP contribution in [0, 0.1) is 5.82 Å². The highest BCUT2D eigenvalue weighted by molar-refractivity contribution is 5.95. The third kappa shape index (κ3) is 1.61. The van der Waals surface area contributed by atoms with Gasteiger partial charge in [-0.1, -0.05) is 6.07 Å². The van der Waals surface area contributed by atoms with Gasteiger partial charge in [-0.05, 0) is 24.3 Å². The Kier molecular flexibility index (Phi) is 2.25. The Morgan fingerprint density at radius 1 is 1.27 bits per heavy atom. The van der Waals surface area contributed by atoms with Crippen molar-refractivity contribution in [2.24, 2.45) is 0 Å². The number of hydrogen-bond donors (Lipinski definition) is 1. The first-order valence-electron chi connectivity index (χ1n) is 4.26. The average molecular weight is 206 g/mol. The monoisotopic (exact) mass is 206 g/mol. The summed E-state index contributed by atoms with van der Waals surface area (Å²) in [5.74, 6) is -1.57. The van der Waals surface area contributed by atoms with Crippen molar-refractivity contribution in [3.63, 3.8) is 0 Å². The summed E-state index contributed by atoms with van der Waals surface area (Å²) in [6.45, 7) is 0. The van der Waals surface area contributed by atoms with E-state index in [1.54, 1.807) is 6.07 Å². The standard InChI is InChI=1S/C11H7FO3/c12-8-4-1-3-7(11(13)14)10(8)9-5-2-6-15-9/h1-6H,(H,13,14). The molecule has 0 spiro atoms. The Bertz CT molecular complexity index is 489. The van der Waals surface area contributed by atoms with Crippen LogP contribution in [0.1, 0.15) is 10.4 Å². The summed E-state index contributed by atoms with van der Waals surface area (Å²) in [7, 11) is 0. The van der Waals surface area contributed by atoms with Gasteiger partial charge in [0.2, 0.25) is 0 Å². The molecule has 0 fully saturated rings. The fourth-order valence-electron chi connectivity index (χ4n) is 1.37. The number of carboxylic acid groups (broad SMARTS) is 1. The number of furan rings is 1. The number of hydrogen-bond acceptors (Lipinski definition) is 2. The molecular formula is C11H7FO3. The molecule has 1 heterocycles. The highest BCUT2D eigenvalue weighted by Crippen LogP contribution is 2.27. The van der Waals surface area contributed by atoms with Gasteiger partial charge < -0.3 is 9.52 Å². The molecule has 0 bridgehead atoms. The maximum atomic E-state index is 13.5. The molecule has 2 aromatic rings. The summed E-state index contributed by atoms with van der Waals surface area (Å²) in [4.78, 5) is 10.9. The van der Waals surface area contributed by atoms with E-state index in [2.05, 4.69) is 0 Å². The van der Waals surface area contributed by atoms with Gasteiger partial charge in [0, 0.05) is 0 Å². The summed E-state index contributed by atoms with van der Waals surface area (Å²) in [5, 5.41) is 8.88. The maximum Gasteiger partial charge on any atom is 0.336 e. The highest BCUT2D eigenvalue weighted by Gasteiger charge is 2.17. The Labute approximate surface area is 84.8 Å². The molecule has 15 heavy (non-hydrogen) atoms. The summed E-state index contributed by atoms with van der Waals surface area (Å²) in [6.07, 6.45) is 1.37. The van der Waals surface area contributed by atoms with Gasteiger partial charge in [-0.3, -0.25) is 0 Å². The molecule has 1 aromatic heterocycles. The normalized spacial score (nSPS) is 10.2. The first-order chi connectivity index (χ1) is 7.20. The van der Waals surface area contributed by atoms with Crippen molar-refractivity contribution in [2.75, 3.05) is 0 Å². The van der Waals surface area contributed by atoms with Crippen LogP contribution in [-0.4, -0.2) is 11.1 Å². The van der Waals surface area contributed by atoms with Crippen LogP contribution in [0.4, 0.5) is 4.39 Å². The summed E-state index contributed by atoms with van der Waals surface area (Å²) in [6, 6.07) is 6.98. The van der Waals surface area contributed by atoms with E-state index in [0.717, 1.165) is 0 Å². The Morgan fingerprint density at radius 2 is 2.07 bits per heavy atom. The lowest BCUT2D eigenvalue weighted by atomic mass is 10.0. The van der Waals surface area contributed by atoms with E-state index in [0.29, 0.717) is 0 Å². The van der Waals surface area contributed by atoms with Gasteiger partial charge in [0.15, 0.2) is 0 Å². The van der Waals surface area contributed by atoms with Crippen LogP contribution in [0.15, 0.2) is 41.0 Å². The Morgan fingerprint density at radius 3 is 2.67 bits per heavy atom. The second kappa shape index (κ2) is 3.57. The van der Waals surface area contributed by atoms with E-state index in [1.807, 2.05) is 0 Å². The van der Waals surface area contributed by atoms with E-state index in [-0.39, 0.29) is 16.9 Å². The van der Waals surface area contributed by atoms with Crippen molar-refractivity contribution in [3.05, 3.63) is 48.0 Å². The van der Waals surface area contributed by atoms with Crippen molar-refractivity contribution < 1.29 is 18.7 Å². The third-order valence-corrected chi connectivity index (χ3v) is 2.01. The van der Waals surface area contributed by atoms with Crippen LogP contribution in [0.5, 0.6) is 0 Å². The molecule has 0 aliphatic heterocycles. The first-order valence-corrected chi connectivity index (χ1v) is 4.26. The van der Waals surface area contributed by atoms with Crippen LogP contribution in [0.25, 0.3) is 11.3 Å². The van der Waals surface area contributed by atoms with Gasteiger partial charge in [0.1, 0.15) is 11.6 Å². The summed E-state index contributed by atoms with van der Waals surface area (Å²) in [5.41, 5.74) is -0.125. The van der Waals surface area contributed by atoms with E-state index in [4.69, 9.17) is 9.52 Å². The van der Waals surface area contributed by atoms with Gasteiger partial charge in [0.05, 0.1) is 17.4 Å². The van der Waals surface area contributed by atoms with Gasteiger partial charge in [0.25, 0.3) is 0 Å². The third-order valence-electron chi connectivity index (χ3n) is 2.01. The van der Waals surface area contributed by atoms with Crippen LogP contribution < -0.4 is 0 Å². The molecule has 3 nitrogen and oxygen atoms in total. The Hall–Kier alpha value is -2.10. The van der Waals surface area contributed by atoms with Crippen molar-refractivity contribution in [1.82, 2.24) is 0 Å². The molecule has 0 atom stereocenters. The second-order valence-corrected chi connectivity index (χ2v) is 2.94. The smallest absolute Gasteiger partial charge is 0.336 e. The maximum absolute atomic E-state index is 13.5. The minimum absolute atomic E-state index is 0.0185. The lowest BCUT2D eigenvalue weighted by molar-refractivity contribution is 0.0697. The topological polar surface area (TPSA) is 50.4 Å². The zero-order valence-corrected chi connectivity index (χ0v) is 7.61. The van der Waals surface area contributed by atoms with Crippen molar-refractivity contribution >= 4 is 5.97 Å². The molecule has 0 saturated heterocycles. The molecule has 0 amide bonds. The molecule has 0 aliphatic rings. The van der Waals surface area contributed by atoms with Crippen molar-refractivity contribution in [1.29, 1.82) is 0 Å². The molecule has 0 aliphatic carbocycles. The quantitative estimate of drug-likeness (QED) is 0.821. The van der Waals surface area contributed by atoms with Gasteiger partial charge in [-0.15, -0.1) is 0 Å². The molecule has 76 valence electrons. The largest absolute Gasteiger partial charge is 0.478 e. The van der Waals surface area contributed by atoms with Gasteiger partial charge in [-0.2, -0.15) is 0 Å². The molecule has 0 saturated carbocycles. The summed E-state index contributed by atoms with van der Waals surface area (Å²) < 4.78 is 18.4. The fraction of sp³-hybridized carbons (Fsp3) is 0. The summed E-state index contributed by atoms with van der Waals surface area (Å²) >= 11 is 0. The number of halogens is 1. The molecule has 1 aromatic carbocycles. The van der Waals surface area contributed by atoms with Crippen molar-refractivity contribution in [2.45, 2.75) is 0 Å². The molecular weight excluding hydrogens is 199 g/mol. The molecule has 0 unspecified atom stereocenters. The minimum Gasteiger partial charge on any atom is -0.478 e. The van der Waals surface area contributed by atoms with Crippen LogP contribution in [0.2, 0.25) is 0 Å². The number of carboxylic acids is 1. The van der Waals surface area contributed by atoms with Crippen LogP contribution in [-0.2, 0) is 0 Å². The highest BCUT2D eigenvalue weighted by atomic mass is 19.1. The molecule has 4 heteroatoms. The van der Waals surface area contributed by atoms with E-state index < -0.39 is 11.8 Å². The number of carbonyl (C=O) groups is 1. The zero-order valence-electron chi connectivity index (χ0n) is 7.61. The second-order valence-electron chi connectivity index (χ2n) is 2.94. The lowest BCUT2D eigenvalue weighted by Gasteiger charge is -2.03. The van der Waals surface area contributed by atoms with Gasteiger partial charge >= 0.3 is 5.97 Å². The van der Waals surface area contributed by atoms with Crippen LogP contribution in [0.3, 0.4) is 0 Å². The SMILES string of the molecule is O=C(O)c1cccc(F)c1-c1ccco1. The molecule has 1 N–H and O–H groups in total. The molecule has 0 radical (unpaired) electrons. The molecule has 2 rings (SSSR count). The van der Waals surface area contributed by atoms with Crippen molar-refractivity contribution in [3.8, 4) is 11.3 Å². The predicted molar refractivity (Wildman–Crippen MR) is 51.1 cm³/mol. The number of aromatic carboxylic acids is 1. The van der Waals surface area contributed by atoms with Gasteiger partial charge in [-0.25, -0.2) is 9.18 Å². The number of benzene rings is 1. The van der Waals surface area contributed by atoms with E-state index in [1.165, 1.54) is 30.5 Å². The average Bonchev–Trinajstić information content (AvgIpc) is 2.70. The van der Waals surface area contributed by atoms with Crippen LogP contribution >= 0.6 is 0 Å². The van der Waals surface area contributed by atoms with E-state index >= 15 is 0 Å². The van der Waals surface area contributed by atoms with E-state index in [9.17, 15) is 9.18 Å². The fourth-order valence-corrected chi connectivity index (χ4v) is 1.37. The lowest BCUT2D eigenvalue weighted by Crippen LogP contribution is -2.00. The zero-order chi connectivity index (χ0) is 10.8. The first kappa shape index (κ1) is 9.45. The number of rotatable bonds is 2.